The predicted molar refractivity (Wildman–Crippen MR) is 94.3 cm³/mol. The Morgan fingerprint density at radius 1 is 1.32 bits per heavy atom. The Labute approximate surface area is 145 Å². The van der Waals surface area contributed by atoms with Crippen LogP contribution in [0.4, 0.5) is 0 Å². The Balaban J connectivity index is 1.89. The molecule has 126 valence electrons. The summed E-state index contributed by atoms with van der Waals surface area (Å²) in [6, 6.07) is 13.8. The van der Waals surface area contributed by atoms with E-state index in [0.717, 1.165) is 16.9 Å². The highest BCUT2D eigenvalue weighted by Crippen LogP contribution is 2.25. The number of nitrogens with zero attached hydrogens (tertiary/aromatic N) is 3. The van der Waals surface area contributed by atoms with Gasteiger partial charge in [-0.05, 0) is 31.2 Å². The number of methoxy groups -OCH3 is 1. The largest absolute Gasteiger partial charge is 0.496 e. The van der Waals surface area contributed by atoms with E-state index in [2.05, 4.69) is 16.4 Å². The first kappa shape index (κ1) is 16.5. The number of hydrogen-bond acceptors (Lipinski definition) is 4. The minimum atomic E-state index is -0.801. The summed E-state index contributed by atoms with van der Waals surface area (Å²) in [4.78, 5) is 17.0. The van der Waals surface area contributed by atoms with Crippen molar-refractivity contribution >= 4 is 16.9 Å². The maximum atomic E-state index is 12.6. The average molecular weight is 334 g/mol. The van der Waals surface area contributed by atoms with Gasteiger partial charge in [0.05, 0.1) is 24.2 Å². The van der Waals surface area contributed by atoms with Crippen LogP contribution in [0.2, 0.25) is 0 Å². The number of carbonyl (C=O) groups excluding carboxylic acids is 1. The molecule has 1 N–H and O–H groups in total. The third kappa shape index (κ3) is 3.04. The number of imidazole rings is 1. The second-order valence-electron chi connectivity index (χ2n) is 5.70. The monoisotopic (exact) mass is 334 g/mol. The normalized spacial score (nSPS) is 11.8. The fraction of sp³-hybridized carbons (Fsp3) is 0.211. The van der Waals surface area contributed by atoms with Gasteiger partial charge in [0.1, 0.15) is 17.6 Å². The maximum absolute atomic E-state index is 12.6. The molecule has 6 heteroatoms. The van der Waals surface area contributed by atoms with Crippen molar-refractivity contribution in [2.24, 2.45) is 7.05 Å². The number of carbonyl (C=O) groups is 1. The van der Waals surface area contributed by atoms with Crippen molar-refractivity contribution in [2.45, 2.75) is 13.0 Å². The Bertz CT molecular complexity index is 985. The van der Waals surface area contributed by atoms with Crippen LogP contribution in [-0.2, 0) is 7.05 Å². The molecule has 1 aromatic heterocycles. The van der Waals surface area contributed by atoms with E-state index >= 15 is 0 Å². The number of amides is 1. The lowest BCUT2D eigenvalue weighted by Crippen LogP contribution is -2.27. The van der Waals surface area contributed by atoms with Crippen LogP contribution in [0.5, 0.6) is 5.75 Å². The highest BCUT2D eigenvalue weighted by molar-refractivity contribution is 5.97. The maximum Gasteiger partial charge on any atom is 0.252 e. The van der Waals surface area contributed by atoms with Crippen LogP contribution in [0.25, 0.3) is 11.0 Å². The third-order valence-corrected chi connectivity index (χ3v) is 4.22. The van der Waals surface area contributed by atoms with Crippen molar-refractivity contribution in [3.63, 3.8) is 0 Å². The quantitative estimate of drug-likeness (QED) is 0.795. The average Bonchev–Trinajstić information content (AvgIpc) is 2.93. The summed E-state index contributed by atoms with van der Waals surface area (Å²) in [6.45, 7) is 1.91. The number of nitrogens with one attached hydrogen (secondary N) is 1. The van der Waals surface area contributed by atoms with Crippen LogP contribution in [-0.4, -0.2) is 22.6 Å². The zero-order valence-electron chi connectivity index (χ0n) is 14.3. The number of nitriles is 1. The van der Waals surface area contributed by atoms with Crippen LogP contribution in [0.3, 0.4) is 0 Å². The van der Waals surface area contributed by atoms with E-state index in [1.54, 1.807) is 30.3 Å². The molecule has 0 aliphatic carbocycles. The topological polar surface area (TPSA) is 79.9 Å². The molecule has 1 atom stereocenters. The second-order valence-corrected chi connectivity index (χ2v) is 5.70. The van der Waals surface area contributed by atoms with Gasteiger partial charge >= 0.3 is 0 Å². The summed E-state index contributed by atoms with van der Waals surface area (Å²) in [5.41, 5.74) is 2.78. The Kier molecular flexibility index (Phi) is 4.40. The molecule has 2 aromatic carbocycles. The molecule has 25 heavy (non-hydrogen) atoms. The third-order valence-electron chi connectivity index (χ3n) is 4.22. The minimum absolute atomic E-state index is 0.331. The molecule has 0 spiro atoms. The highest BCUT2D eigenvalue weighted by atomic mass is 16.5. The standard InChI is InChI=1S/C19H18N4O2/c1-12-21-15-10-13(8-9-17(15)23(12)2)19(24)22-16(11-20)14-6-4-5-7-18(14)25-3/h4-10,16H,1-3H3,(H,22,24)/t16-/m0/s1. The minimum Gasteiger partial charge on any atom is -0.496 e. The molecule has 0 bridgehead atoms. The van der Waals surface area contributed by atoms with Crippen molar-refractivity contribution < 1.29 is 9.53 Å². The van der Waals surface area contributed by atoms with Gasteiger partial charge in [-0.1, -0.05) is 18.2 Å². The molecule has 0 aliphatic rings. The second kappa shape index (κ2) is 6.65. The van der Waals surface area contributed by atoms with Crippen molar-refractivity contribution in [1.29, 1.82) is 5.26 Å². The molecule has 0 aliphatic heterocycles. The molecule has 1 heterocycles. The van der Waals surface area contributed by atoms with Crippen molar-refractivity contribution in [1.82, 2.24) is 14.9 Å². The van der Waals surface area contributed by atoms with Gasteiger partial charge in [0.2, 0.25) is 0 Å². The molecule has 1 amide bonds. The molecule has 0 fully saturated rings. The van der Waals surface area contributed by atoms with Crippen LogP contribution < -0.4 is 10.1 Å². The van der Waals surface area contributed by atoms with E-state index in [1.165, 1.54) is 7.11 Å². The molecule has 0 unspecified atom stereocenters. The summed E-state index contributed by atoms with van der Waals surface area (Å²) in [6.07, 6.45) is 0. The Morgan fingerprint density at radius 2 is 2.08 bits per heavy atom. The molecule has 0 saturated heterocycles. The summed E-state index contributed by atoms with van der Waals surface area (Å²) in [7, 11) is 3.46. The zero-order chi connectivity index (χ0) is 18.0. The lowest BCUT2D eigenvalue weighted by molar-refractivity contribution is 0.0945. The van der Waals surface area contributed by atoms with Crippen molar-refractivity contribution in [3.8, 4) is 11.8 Å². The lowest BCUT2D eigenvalue weighted by Gasteiger charge is -2.15. The molecule has 0 radical (unpaired) electrons. The van der Waals surface area contributed by atoms with E-state index in [-0.39, 0.29) is 5.91 Å². The number of rotatable bonds is 4. The number of benzene rings is 2. The van der Waals surface area contributed by atoms with Gasteiger partial charge in [-0.15, -0.1) is 0 Å². The lowest BCUT2D eigenvalue weighted by atomic mass is 10.1. The first-order valence-electron chi connectivity index (χ1n) is 7.81. The molecule has 3 aromatic rings. The smallest absolute Gasteiger partial charge is 0.252 e. The zero-order valence-corrected chi connectivity index (χ0v) is 14.3. The summed E-state index contributed by atoms with van der Waals surface area (Å²) in [5.74, 6) is 1.10. The Hall–Kier alpha value is -3.33. The van der Waals surface area contributed by atoms with Gasteiger partial charge < -0.3 is 14.6 Å². The van der Waals surface area contributed by atoms with Gasteiger partial charge in [-0.3, -0.25) is 4.79 Å². The van der Waals surface area contributed by atoms with Crippen LogP contribution in [0, 0.1) is 18.3 Å². The summed E-state index contributed by atoms with van der Waals surface area (Å²) < 4.78 is 7.24. The van der Waals surface area contributed by atoms with Gasteiger partial charge in [0, 0.05) is 18.2 Å². The van der Waals surface area contributed by atoms with Gasteiger partial charge in [-0.25, -0.2) is 4.98 Å². The van der Waals surface area contributed by atoms with Gasteiger partial charge in [0.15, 0.2) is 0 Å². The van der Waals surface area contributed by atoms with Gasteiger partial charge in [-0.2, -0.15) is 5.26 Å². The summed E-state index contributed by atoms with van der Waals surface area (Å²) >= 11 is 0. The number of hydrogen-bond donors (Lipinski definition) is 1. The first-order valence-corrected chi connectivity index (χ1v) is 7.81. The number of ether oxygens (including phenoxy) is 1. The van der Waals surface area contributed by atoms with Crippen LogP contribution in [0.15, 0.2) is 42.5 Å². The van der Waals surface area contributed by atoms with Crippen molar-refractivity contribution in [2.75, 3.05) is 7.11 Å². The van der Waals surface area contributed by atoms with Crippen LogP contribution >= 0.6 is 0 Å². The SMILES string of the molecule is COc1ccccc1[C@H](C#N)NC(=O)c1ccc2c(c1)nc(C)n2C. The van der Waals surface area contributed by atoms with E-state index in [1.807, 2.05) is 30.7 Å². The molecular formula is C19H18N4O2. The predicted octanol–water partition coefficient (Wildman–Crippen LogP) is 2.89. The van der Waals surface area contributed by atoms with E-state index in [9.17, 15) is 10.1 Å². The molecule has 6 nitrogen and oxygen atoms in total. The Morgan fingerprint density at radius 3 is 2.80 bits per heavy atom. The molecule has 3 rings (SSSR count). The fourth-order valence-corrected chi connectivity index (χ4v) is 2.76. The molecular weight excluding hydrogens is 316 g/mol. The van der Waals surface area contributed by atoms with Crippen molar-refractivity contribution in [3.05, 3.63) is 59.4 Å². The highest BCUT2D eigenvalue weighted by Gasteiger charge is 2.19. The number of para-hydroxylation sites is 1. The van der Waals surface area contributed by atoms with E-state index in [4.69, 9.17) is 4.74 Å². The number of aromatic nitrogens is 2. The first-order chi connectivity index (χ1) is 12.0. The number of aryl methyl sites for hydroxylation is 2. The van der Waals surface area contributed by atoms with Crippen LogP contribution in [0.1, 0.15) is 27.8 Å². The fourth-order valence-electron chi connectivity index (χ4n) is 2.76. The summed E-state index contributed by atoms with van der Waals surface area (Å²) in [5, 5.41) is 12.2. The number of fused-ring (bicyclic) bond motifs is 1. The van der Waals surface area contributed by atoms with Gasteiger partial charge in [0.25, 0.3) is 5.91 Å². The molecule has 0 saturated carbocycles. The van der Waals surface area contributed by atoms with E-state index in [0.29, 0.717) is 16.9 Å². The van der Waals surface area contributed by atoms with E-state index < -0.39 is 6.04 Å².